The van der Waals surface area contributed by atoms with Crippen LogP contribution in [0.1, 0.15) is 22.8 Å². The highest BCUT2D eigenvalue weighted by atomic mass is 16.5. The summed E-state index contributed by atoms with van der Waals surface area (Å²) < 4.78 is 11.2. The van der Waals surface area contributed by atoms with E-state index in [2.05, 4.69) is 19.9 Å². The molecule has 0 saturated heterocycles. The Bertz CT molecular complexity index is 581. The van der Waals surface area contributed by atoms with E-state index in [4.69, 9.17) is 15.2 Å². The summed E-state index contributed by atoms with van der Waals surface area (Å²) in [6.07, 6.45) is -0.174. The highest BCUT2D eigenvalue weighted by molar-refractivity contribution is 5.35. The fourth-order valence-corrected chi connectivity index (χ4v) is 2.05. The predicted octanol–water partition coefficient (Wildman–Crippen LogP) is 3.39. The van der Waals surface area contributed by atoms with Crippen molar-refractivity contribution in [2.75, 3.05) is 13.7 Å². The first-order valence-corrected chi connectivity index (χ1v) is 6.72. The van der Waals surface area contributed by atoms with Gasteiger partial charge in [-0.2, -0.15) is 0 Å². The van der Waals surface area contributed by atoms with Crippen LogP contribution in [-0.2, 0) is 0 Å². The molecule has 0 amide bonds. The summed E-state index contributed by atoms with van der Waals surface area (Å²) in [5.74, 6) is 1.65. The Labute approximate surface area is 120 Å². The van der Waals surface area contributed by atoms with E-state index in [0.29, 0.717) is 6.54 Å². The Morgan fingerprint density at radius 1 is 1.00 bits per heavy atom. The molecule has 0 aliphatic carbocycles. The Morgan fingerprint density at radius 2 is 1.80 bits per heavy atom. The standard InChI is InChI=1S/C17H21NO2/c1-12-7-8-16(9-13(12)2)20-17(11-18)14-5-4-6-15(10-14)19-3/h4-10,17H,11,18H2,1-3H3. The van der Waals surface area contributed by atoms with Crippen LogP contribution in [0, 0.1) is 13.8 Å². The van der Waals surface area contributed by atoms with E-state index in [0.717, 1.165) is 17.1 Å². The monoisotopic (exact) mass is 271 g/mol. The first kappa shape index (κ1) is 14.4. The minimum absolute atomic E-state index is 0.174. The molecule has 1 atom stereocenters. The predicted molar refractivity (Wildman–Crippen MR) is 81.3 cm³/mol. The zero-order chi connectivity index (χ0) is 14.5. The maximum atomic E-state index is 6.00. The van der Waals surface area contributed by atoms with Crippen molar-refractivity contribution in [1.29, 1.82) is 0 Å². The molecule has 2 aromatic carbocycles. The van der Waals surface area contributed by atoms with Gasteiger partial charge in [-0.05, 0) is 54.8 Å². The Morgan fingerprint density at radius 3 is 2.45 bits per heavy atom. The lowest BCUT2D eigenvalue weighted by atomic mass is 10.1. The average Bonchev–Trinajstić information content (AvgIpc) is 2.48. The highest BCUT2D eigenvalue weighted by Gasteiger charge is 2.12. The summed E-state index contributed by atoms with van der Waals surface area (Å²) in [7, 11) is 1.65. The van der Waals surface area contributed by atoms with Crippen molar-refractivity contribution in [3.8, 4) is 11.5 Å². The van der Waals surface area contributed by atoms with Crippen LogP contribution in [0.5, 0.6) is 11.5 Å². The molecule has 20 heavy (non-hydrogen) atoms. The van der Waals surface area contributed by atoms with E-state index in [1.54, 1.807) is 7.11 Å². The van der Waals surface area contributed by atoms with Crippen LogP contribution in [-0.4, -0.2) is 13.7 Å². The average molecular weight is 271 g/mol. The molecular formula is C17H21NO2. The second kappa shape index (κ2) is 6.44. The van der Waals surface area contributed by atoms with Gasteiger partial charge >= 0.3 is 0 Å². The number of nitrogens with two attached hydrogens (primary N) is 1. The summed E-state index contributed by atoms with van der Waals surface area (Å²) in [5.41, 5.74) is 9.33. The van der Waals surface area contributed by atoms with Crippen LogP contribution in [0.4, 0.5) is 0 Å². The second-order valence-corrected chi connectivity index (χ2v) is 4.86. The quantitative estimate of drug-likeness (QED) is 0.906. The van der Waals surface area contributed by atoms with E-state index in [1.165, 1.54) is 11.1 Å². The van der Waals surface area contributed by atoms with Crippen molar-refractivity contribution in [3.63, 3.8) is 0 Å². The number of rotatable bonds is 5. The maximum absolute atomic E-state index is 6.00. The zero-order valence-corrected chi connectivity index (χ0v) is 12.2. The molecule has 0 spiro atoms. The van der Waals surface area contributed by atoms with Crippen molar-refractivity contribution in [2.24, 2.45) is 5.73 Å². The first-order valence-electron chi connectivity index (χ1n) is 6.72. The van der Waals surface area contributed by atoms with Gasteiger partial charge in [-0.3, -0.25) is 0 Å². The van der Waals surface area contributed by atoms with Crippen molar-refractivity contribution < 1.29 is 9.47 Å². The Hall–Kier alpha value is -2.00. The minimum Gasteiger partial charge on any atom is -0.497 e. The molecule has 3 heteroatoms. The third-order valence-electron chi connectivity index (χ3n) is 3.44. The molecule has 0 fully saturated rings. The SMILES string of the molecule is COc1cccc(C(CN)Oc2ccc(C)c(C)c2)c1. The van der Waals surface area contributed by atoms with Gasteiger partial charge in [-0.1, -0.05) is 18.2 Å². The zero-order valence-electron chi connectivity index (χ0n) is 12.2. The van der Waals surface area contributed by atoms with Gasteiger partial charge in [0.25, 0.3) is 0 Å². The number of hydrogen-bond acceptors (Lipinski definition) is 3. The summed E-state index contributed by atoms with van der Waals surface area (Å²) in [6.45, 7) is 4.58. The number of aryl methyl sites for hydroxylation is 2. The number of ether oxygens (including phenoxy) is 2. The summed E-state index contributed by atoms with van der Waals surface area (Å²) in [5, 5.41) is 0. The minimum atomic E-state index is -0.174. The van der Waals surface area contributed by atoms with E-state index in [1.807, 2.05) is 36.4 Å². The molecule has 0 aliphatic rings. The van der Waals surface area contributed by atoms with Crippen molar-refractivity contribution in [2.45, 2.75) is 20.0 Å². The Balaban J connectivity index is 2.21. The van der Waals surface area contributed by atoms with Crippen molar-refractivity contribution >= 4 is 0 Å². The van der Waals surface area contributed by atoms with E-state index < -0.39 is 0 Å². The lowest BCUT2D eigenvalue weighted by Crippen LogP contribution is -2.18. The van der Waals surface area contributed by atoms with Crippen LogP contribution in [0.3, 0.4) is 0 Å². The van der Waals surface area contributed by atoms with Gasteiger partial charge in [0.05, 0.1) is 7.11 Å². The molecule has 2 rings (SSSR count). The van der Waals surface area contributed by atoms with Gasteiger partial charge in [-0.15, -0.1) is 0 Å². The molecule has 0 bridgehead atoms. The van der Waals surface area contributed by atoms with Gasteiger partial charge in [0.1, 0.15) is 17.6 Å². The Kier molecular flexibility index (Phi) is 4.64. The number of benzene rings is 2. The van der Waals surface area contributed by atoms with Crippen LogP contribution in [0.25, 0.3) is 0 Å². The fraction of sp³-hybridized carbons (Fsp3) is 0.294. The van der Waals surface area contributed by atoms with Gasteiger partial charge < -0.3 is 15.2 Å². The lowest BCUT2D eigenvalue weighted by Gasteiger charge is -2.19. The molecule has 0 heterocycles. The van der Waals surface area contributed by atoms with E-state index in [9.17, 15) is 0 Å². The third kappa shape index (κ3) is 3.31. The molecule has 2 aromatic rings. The largest absolute Gasteiger partial charge is 0.497 e. The molecular weight excluding hydrogens is 250 g/mol. The summed E-state index contributed by atoms with van der Waals surface area (Å²) in [6, 6.07) is 13.9. The fourth-order valence-electron chi connectivity index (χ4n) is 2.05. The van der Waals surface area contributed by atoms with Gasteiger partial charge in [-0.25, -0.2) is 0 Å². The first-order chi connectivity index (χ1) is 9.63. The normalized spacial score (nSPS) is 12.0. The summed E-state index contributed by atoms with van der Waals surface area (Å²) >= 11 is 0. The topological polar surface area (TPSA) is 44.5 Å². The molecule has 0 aromatic heterocycles. The van der Waals surface area contributed by atoms with Gasteiger partial charge in [0, 0.05) is 6.54 Å². The lowest BCUT2D eigenvalue weighted by molar-refractivity contribution is 0.213. The van der Waals surface area contributed by atoms with Gasteiger partial charge in [0.15, 0.2) is 0 Å². The summed E-state index contributed by atoms with van der Waals surface area (Å²) in [4.78, 5) is 0. The second-order valence-electron chi connectivity index (χ2n) is 4.86. The number of hydrogen-bond donors (Lipinski definition) is 1. The molecule has 0 aliphatic heterocycles. The molecule has 2 N–H and O–H groups in total. The maximum Gasteiger partial charge on any atom is 0.136 e. The van der Waals surface area contributed by atoms with E-state index >= 15 is 0 Å². The van der Waals surface area contributed by atoms with Gasteiger partial charge in [0.2, 0.25) is 0 Å². The molecule has 106 valence electrons. The van der Waals surface area contributed by atoms with Crippen LogP contribution >= 0.6 is 0 Å². The highest BCUT2D eigenvalue weighted by Crippen LogP contribution is 2.25. The smallest absolute Gasteiger partial charge is 0.136 e. The molecule has 0 radical (unpaired) electrons. The van der Waals surface area contributed by atoms with Crippen LogP contribution in [0.15, 0.2) is 42.5 Å². The van der Waals surface area contributed by atoms with Crippen molar-refractivity contribution in [3.05, 3.63) is 59.2 Å². The molecule has 1 unspecified atom stereocenters. The van der Waals surface area contributed by atoms with Crippen LogP contribution < -0.4 is 15.2 Å². The van der Waals surface area contributed by atoms with Crippen molar-refractivity contribution in [1.82, 2.24) is 0 Å². The molecule has 3 nitrogen and oxygen atoms in total. The third-order valence-corrected chi connectivity index (χ3v) is 3.44. The van der Waals surface area contributed by atoms with E-state index in [-0.39, 0.29) is 6.10 Å². The molecule has 0 saturated carbocycles. The van der Waals surface area contributed by atoms with Crippen LogP contribution in [0.2, 0.25) is 0 Å². The number of methoxy groups -OCH3 is 1.